The Morgan fingerprint density at radius 1 is 1.23 bits per heavy atom. The van der Waals surface area contributed by atoms with Gasteiger partial charge in [0.25, 0.3) is 0 Å². The van der Waals surface area contributed by atoms with Crippen molar-refractivity contribution in [2.24, 2.45) is 0 Å². The fourth-order valence-electron chi connectivity index (χ4n) is 3.90. The Labute approximate surface area is 180 Å². The van der Waals surface area contributed by atoms with Gasteiger partial charge in [0.2, 0.25) is 0 Å². The van der Waals surface area contributed by atoms with E-state index in [2.05, 4.69) is 19.9 Å². The van der Waals surface area contributed by atoms with Gasteiger partial charge < -0.3 is 14.5 Å². The quantitative estimate of drug-likeness (QED) is 0.622. The number of rotatable bonds is 2. The van der Waals surface area contributed by atoms with Gasteiger partial charge in [-0.15, -0.1) is 0 Å². The fourth-order valence-corrected chi connectivity index (χ4v) is 3.90. The second-order valence-electron chi connectivity index (χ2n) is 8.88. The van der Waals surface area contributed by atoms with Crippen molar-refractivity contribution in [1.82, 2.24) is 24.4 Å². The highest BCUT2D eigenvalue weighted by atomic mass is 19.1. The van der Waals surface area contributed by atoms with Crippen molar-refractivity contribution >= 4 is 22.9 Å². The number of piperazine rings is 1. The number of nitrogens with zero attached hydrogens (tertiary/aromatic N) is 6. The van der Waals surface area contributed by atoms with Crippen molar-refractivity contribution in [1.29, 1.82) is 0 Å². The van der Waals surface area contributed by atoms with Crippen LogP contribution in [-0.2, 0) is 4.74 Å². The molecule has 0 aliphatic carbocycles. The third kappa shape index (κ3) is 4.17. The molecule has 9 heteroatoms. The molecule has 0 N–H and O–H groups in total. The van der Waals surface area contributed by atoms with Crippen LogP contribution in [0.4, 0.5) is 15.0 Å². The molecule has 0 spiro atoms. The van der Waals surface area contributed by atoms with Crippen LogP contribution < -0.4 is 4.90 Å². The molecular weight excluding hydrogens is 399 g/mol. The number of amides is 1. The molecule has 0 aromatic carbocycles. The first-order valence-electron chi connectivity index (χ1n) is 10.3. The smallest absolute Gasteiger partial charge is 0.410 e. The lowest BCUT2D eigenvalue weighted by atomic mass is 10.1. The van der Waals surface area contributed by atoms with Crippen LogP contribution in [0.3, 0.4) is 0 Å². The molecule has 1 amide bonds. The van der Waals surface area contributed by atoms with Crippen molar-refractivity contribution in [2.75, 3.05) is 24.5 Å². The van der Waals surface area contributed by atoms with E-state index in [4.69, 9.17) is 4.74 Å². The van der Waals surface area contributed by atoms with Gasteiger partial charge in [0.1, 0.15) is 29.4 Å². The molecule has 0 bridgehead atoms. The number of anilines is 1. The summed E-state index contributed by atoms with van der Waals surface area (Å²) in [5, 5.41) is 0.895. The molecule has 0 unspecified atom stereocenters. The summed E-state index contributed by atoms with van der Waals surface area (Å²) in [6.45, 7) is 11.4. The molecule has 0 saturated carbocycles. The van der Waals surface area contributed by atoms with Crippen LogP contribution in [0.5, 0.6) is 0 Å². The van der Waals surface area contributed by atoms with E-state index in [0.29, 0.717) is 31.1 Å². The van der Waals surface area contributed by atoms with Crippen LogP contribution in [0, 0.1) is 12.7 Å². The Bertz CT molecular complexity index is 1120. The van der Waals surface area contributed by atoms with E-state index in [1.165, 1.54) is 24.7 Å². The number of pyridine rings is 1. The number of ether oxygens (including phenoxy) is 1. The second-order valence-corrected chi connectivity index (χ2v) is 8.88. The standard InChI is InChI=1S/C22H27FN6O2/c1-14-11-29(17-10-16(23)6-7-24-17)20-18(14)19(25-13-26-20)27-8-9-28(15(2)12-27)21(30)31-22(3,4)5/h6-7,10-11,13,15H,8-9,12H2,1-5H3/t15-/m1/s1. The molecule has 4 rings (SSSR count). The lowest BCUT2D eigenvalue weighted by Crippen LogP contribution is -2.55. The highest BCUT2D eigenvalue weighted by Crippen LogP contribution is 2.31. The number of carbonyl (C=O) groups is 1. The predicted octanol–water partition coefficient (Wildman–Crippen LogP) is 3.71. The molecule has 1 aliphatic rings. The van der Waals surface area contributed by atoms with Gasteiger partial charge in [-0.2, -0.15) is 0 Å². The predicted molar refractivity (Wildman–Crippen MR) is 116 cm³/mol. The zero-order valence-electron chi connectivity index (χ0n) is 18.5. The van der Waals surface area contributed by atoms with E-state index in [9.17, 15) is 9.18 Å². The average molecular weight is 426 g/mol. The van der Waals surface area contributed by atoms with Gasteiger partial charge in [0, 0.05) is 44.1 Å². The van der Waals surface area contributed by atoms with Gasteiger partial charge in [0.05, 0.1) is 5.39 Å². The fraction of sp³-hybridized carbons (Fsp3) is 0.455. The maximum Gasteiger partial charge on any atom is 0.410 e. The van der Waals surface area contributed by atoms with E-state index < -0.39 is 5.60 Å². The highest BCUT2D eigenvalue weighted by molar-refractivity contribution is 5.92. The maximum atomic E-state index is 13.7. The topological polar surface area (TPSA) is 76.4 Å². The third-order valence-electron chi connectivity index (χ3n) is 5.26. The monoisotopic (exact) mass is 426 g/mol. The number of aryl methyl sites for hydroxylation is 1. The van der Waals surface area contributed by atoms with E-state index in [1.54, 1.807) is 9.47 Å². The van der Waals surface area contributed by atoms with Crippen LogP contribution in [0.15, 0.2) is 30.9 Å². The van der Waals surface area contributed by atoms with Crippen LogP contribution >= 0.6 is 0 Å². The minimum Gasteiger partial charge on any atom is -0.444 e. The maximum absolute atomic E-state index is 13.7. The number of hydrogen-bond donors (Lipinski definition) is 0. The largest absolute Gasteiger partial charge is 0.444 e. The summed E-state index contributed by atoms with van der Waals surface area (Å²) in [7, 11) is 0. The molecule has 1 fully saturated rings. The van der Waals surface area contributed by atoms with E-state index in [-0.39, 0.29) is 18.0 Å². The summed E-state index contributed by atoms with van der Waals surface area (Å²) in [5.74, 6) is 0.907. The molecule has 8 nitrogen and oxygen atoms in total. The molecule has 1 saturated heterocycles. The molecule has 3 aromatic rings. The molecule has 1 aliphatic heterocycles. The molecule has 31 heavy (non-hydrogen) atoms. The first kappa shape index (κ1) is 21.0. The Morgan fingerprint density at radius 2 is 2.00 bits per heavy atom. The van der Waals surface area contributed by atoms with Crippen LogP contribution in [0.25, 0.3) is 16.9 Å². The van der Waals surface area contributed by atoms with Gasteiger partial charge in [-0.1, -0.05) is 0 Å². The van der Waals surface area contributed by atoms with Crippen molar-refractivity contribution in [3.05, 3.63) is 42.2 Å². The zero-order chi connectivity index (χ0) is 22.3. The molecule has 164 valence electrons. The summed E-state index contributed by atoms with van der Waals surface area (Å²) in [4.78, 5) is 29.7. The third-order valence-corrected chi connectivity index (χ3v) is 5.26. The lowest BCUT2D eigenvalue weighted by Gasteiger charge is -2.40. The highest BCUT2D eigenvalue weighted by Gasteiger charge is 2.32. The normalized spacial score (nSPS) is 17.3. The lowest BCUT2D eigenvalue weighted by molar-refractivity contribution is 0.0159. The Balaban J connectivity index is 1.63. The molecule has 3 aromatic heterocycles. The van der Waals surface area contributed by atoms with E-state index >= 15 is 0 Å². The summed E-state index contributed by atoms with van der Waals surface area (Å²) in [6.07, 6.45) is 4.54. The van der Waals surface area contributed by atoms with Gasteiger partial charge >= 0.3 is 6.09 Å². The molecular formula is C22H27FN6O2. The number of halogens is 1. The Hall–Kier alpha value is -3.23. The molecule has 0 radical (unpaired) electrons. The van der Waals surface area contributed by atoms with E-state index in [0.717, 1.165) is 16.8 Å². The number of hydrogen-bond acceptors (Lipinski definition) is 6. The molecule has 1 atom stereocenters. The minimum atomic E-state index is -0.530. The van der Waals surface area contributed by atoms with Crippen molar-refractivity contribution in [3.63, 3.8) is 0 Å². The van der Waals surface area contributed by atoms with Gasteiger partial charge in [-0.05, 0) is 46.2 Å². The minimum absolute atomic E-state index is 0.0408. The van der Waals surface area contributed by atoms with Gasteiger partial charge in [-0.25, -0.2) is 24.1 Å². The van der Waals surface area contributed by atoms with E-state index in [1.807, 2.05) is 40.8 Å². The van der Waals surface area contributed by atoms with Gasteiger partial charge in [0.15, 0.2) is 5.65 Å². The Kier molecular flexibility index (Phi) is 5.28. The van der Waals surface area contributed by atoms with Crippen molar-refractivity contribution in [2.45, 2.75) is 46.3 Å². The zero-order valence-corrected chi connectivity index (χ0v) is 18.5. The molecule has 4 heterocycles. The average Bonchev–Trinajstić information content (AvgIpc) is 3.03. The first-order valence-corrected chi connectivity index (χ1v) is 10.3. The second kappa shape index (κ2) is 7.79. The van der Waals surface area contributed by atoms with Crippen molar-refractivity contribution < 1.29 is 13.9 Å². The number of fused-ring (bicyclic) bond motifs is 1. The number of aromatic nitrogens is 4. The van der Waals surface area contributed by atoms with Crippen LogP contribution in [0.1, 0.15) is 33.3 Å². The first-order chi connectivity index (χ1) is 14.6. The summed E-state index contributed by atoms with van der Waals surface area (Å²) in [5.41, 5.74) is 1.11. The van der Waals surface area contributed by atoms with Crippen LogP contribution in [-0.4, -0.2) is 61.8 Å². The number of carbonyl (C=O) groups excluding carboxylic acids is 1. The summed E-state index contributed by atoms with van der Waals surface area (Å²) in [6, 6.07) is 2.65. The summed E-state index contributed by atoms with van der Waals surface area (Å²) >= 11 is 0. The van der Waals surface area contributed by atoms with Crippen molar-refractivity contribution in [3.8, 4) is 5.82 Å². The summed E-state index contributed by atoms with van der Waals surface area (Å²) < 4.78 is 21.1. The Morgan fingerprint density at radius 3 is 2.68 bits per heavy atom. The SMILES string of the molecule is Cc1cn(-c2cc(F)ccn2)c2ncnc(N3CCN(C(=O)OC(C)(C)C)[C@H](C)C3)c12. The van der Waals surface area contributed by atoms with Gasteiger partial charge in [-0.3, -0.25) is 4.57 Å². The van der Waals surface area contributed by atoms with Crippen LogP contribution in [0.2, 0.25) is 0 Å².